The second-order valence-electron chi connectivity index (χ2n) is 6.67. The van der Waals surface area contributed by atoms with Crippen LogP contribution in [0.5, 0.6) is 0 Å². The van der Waals surface area contributed by atoms with Crippen molar-refractivity contribution < 1.29 is 19.5 Å². The van der Waals surface area contributed by atoms with Crippen LogP contribution in [-0.2, 0) is 9.59 Å². The van der Waals surface area contributed by atoms with E-state index in [0.717, 1.165) is 11.1 Å². The van der Waals surface area contributed by atoms with Gasteiger partial charge in [-0.3, -0.25) is 14.4 Å². The first-order chi connectivity index (χ1) is 11.0. The fourth-order valence-corrected chi connectivity index (χ4v) is 2.21. The molecule has 2 amide bonds. The molecule has 1 atom stereocenters. The van der Waals surface area contributed by atoms with E-state index in [1.807, 2.05) is 33.8 Å². The highest BCUT2D eigenvalue weighted by Gasteiger charge is 2.32. The Labute approximate surface area is 142 Å². The molecule has 0 aromatic heterocycles. The topological polar surface area (TPSA) is 95.5 Å². The molecule has 0 heterocycles. The molecule has 1 aromatic carbocycles. The molecule has 1 rings (SSSR count). The van der Waals surface area contributed by atoms with Gasteiger partial charge >= 0.3 is 5.97 Å². The summed E-state index contributed by atoms with van der Waals surface area (Å²) in [6.45, 7) is 9.05. The molecule has 6 heteroatoms. The Bertz CT molecular complexity index is 640. The molecule has 0 aliphatic carbocycles. The molecule has 0 saturated carbocycles. The Morgan fingerprint density at radius 1 is 1.17 bits per heavy atom. The van der Waals surface area contributed by atoms with Crippen LogP contribution in [0.4, 0.5) is 0 Å². The van der Waals surface area contributed by atoms with Crippen LogP contribution in [0, 0.1) is 19.8 Å². The van der Waals surface area contributed by atoms with Gasteiger partial charge in [0.1, 0.15) is 0 Å². The second kappa shape index (κ2) is 7.95. The lowest BCUT2D eigenvalue weighted by atomic mass is 9.85. The number of carboxylic acids is 1. The lowest BCUT2D eigenvalue weighted by Gasteiger charge is -2.33. The number of hydrogen-bond acceptors (Lipinski definition) is 3. The molecule has 0 fully saturated rings. The standard InChI is InChI=1S/C18H26N2O4/c1-11(2)18(5,9-16(22)23)20-15(21)10-19-17(24)14-7-6-12(3)13(4)8-14/h6-8,11H,9-10H2,1-5H3,(H,19,24)(H,20,21)(H,22,23). The summed E-state index contributed by atoms with van der Waals surface area (Å²) >= 11 is 0. The summed E-state index contributed by atoms with van der Waals surface area (Å²) < 4.78 is 0. The Morgan fingerprint density at radius 3 is 2.29 bits per heavy atom. The van der Waals surface area contributed by atoms with Gasteiger partial charge in [0.25, 0.3) is 5.91 Å². The van der Waals surface area contributed by atoms with Crippen LogP contribution in [0.3, 0.4) is 0 Å². The van der Waals surface area contributed by atoms with Crippen molar-refractivity contribution in [3.05, 3.63) is 34.9 Å². The highest BCUT2D eigenvalue weighted by atomic mass is 16.4. The van der Waals surface area contributed by atoms with Crippen LogP contribution < -0.4 is 10.6 Å². The van der Waals surface area contributed by atoms with Gasteiger partial charge in [-0.05, 0) is 49.9 Å². The number of carboxylic acid groups (broad SMARTS) is 1. The van der Waals surface area contributed by atoms with Gasteiger partial charge in [0.05, 0.1) is 18.5 Å². The van der Waals surface area contributed by atoms with Crippen LogP contribution in [0.1, 0.15) is 48.7 Å². The second-order valence-corrected chi connectivity index (χ2v) is 6.67. The van der Waals surface area contributed by atoms with E-state index < -0.39 is 17.4 Å². The average Bonchev–Trinajstić information content (AvgIpc) is 2.46. The van der Waals surface area contributed by atoms with E-state index in [9.17, 15) is 14.4 Å². The minimum absolute atomic E-state index is 0.0620. The predicted octanol–water partition coefficient (Wildman–Crippen LogP) is 2.04. The Balaban J connectivity index is 2.65. The van der Waals surface area contributed by atoms with Gasteiger partial charge in [0, 0.05) is 5.56 Å². The largest absolute Gasteiger partial charge is 0.481 e. The monoisotopic (exact) mass is 334 g/mol. The van der Waals surface area contributed by atoms with Gasteiger partial charge in [-0.2, -0.15) is 0 Å². The summed E-state index contributed by atoms with van der Waals surface area (Å²) in [4.78, 5) is 35.2. The third-order valence-electron chi connectivity index (χ3n) is 4.40. The number of hydrogen-bond donors (Lipinski definition) is 3. The van der Waals surface area contributed by atoms with Crippen LogP contribution in [0.25, 0.3) is 0 Å². The summed E-state index contributed by atoms with van der Waals surface area (Å²) in [5.74, 6) is -1.79. The van der Waals surface area contributed by atoms with Crippen LogP contribution in [-0.4, -0.2) is 35.0 Å². The van der Waals surface area contributed by atoms with Gasteiger partial charge in [0.2, 0.25) is 5.91 Å². The number of amides is 2. The van der Waals surface area contributed by atoms with E-state index in [1.54, 1.807) is 19.1 Å². The van der Waals surface area contributed by atoms with Crippen LogP contribution >= 0.6 is 0 Å². The molecule has 1 unspecified atom stereocenters. The number of carbonyl (C=O) groups is 3. The van der Waals surface area contributed by atoms with Gasteiger partial charge in [-0.15, -0.1) is 0 Å². The third kappa shape index (κ3) is 5.37. The fraction of sp³-hybridized carbons (Fsp3) is 0.500. The minimum atomic E-state index is -0.981. The van der Waals surface area contributed by atoms with Gasteiger partial charge < -0.3 is 15.7 Å². The number of aliphatic carboxylic acids is 1. The van der Waals surface area contributed by atoms with Crippen LogP contribution in [0.2, 0.25) is 0 Å². The zero-order chi connectivity index (χ0) is 18.5. The number of benzene rings is 1. The number of nitrogens with one attached hydrogen (secondary N) is 2. The summed E-state index contributed by atoms with van der Waals surface area (Å²) in [6.07, 6.45) is -0.179. The molecule has 0 aliphatic rings. The zero-order valence-corrected chi connectivity index (χ0v) is 14.9. The van der Waals surface area contributed by atoms with Crippen molar-refractivity contribution in [3.63, 3.8) is 0 Å². The lowest BCUT2D eigenvalue weighted by Crippen LogP contribution is -2.53. The van der Waals surface area contributed by atoms with Crippen molar-refractivity contribution in [2.75, 3.05) is 6.54 Å². The average molecular weight is 334 g/mol. The van der Waals surface area contributed by atoms with E-state index >= 15 is 0 Å². The third-order valence-corrected chi connectivity index (χ3v) is 4.40. The van der Waals surface area contributed by atoms with Gasteiger partial charge in [-0.1, -0.05) is 19.9 Å². The molecule has 0 aliphatic heterocycles. The first-order valence-corrected chi connectivity index (χ1v) is 7.93. The summed E-state index contributed by atoms with van der Waals surface area (Å²) in [5.41, 5.74) is 1.71. The molecule has 3 N–H and O–H groups in total. The summed E-state index contributed by atoms with van der Waals surface area (Å²) in [5, 5.41) is 14.3. The molecular formula is C18H26N2O4. The van der Waals surface area contributed by atoms with Crippen molar-refractivity contribution in [3.8, 4) is 0 Å². The molecule has 0 saturated heterocycles. The maximum Gasteiger partial charge on any atom is 0.305 e. The van der Waals surface area contributed by atoms with E-state index in [2.05, 4.69) is 10.6 Å². The summed E-state index contributed by atoms with van der Waals surface area (Å²) in [6, 6.07) is 5.33. The lowest BCUT2D eigenvalue weighted by molar-refractivity contribution is -0.139. The molecule has 0 radical (unpaired) electrons. The molecule has 24 heavy (non-hydrogen) atoms. The summed E-state index contributed by atoms with van der Waals surface area (Å²) in [7, 11) is 0. The number of rotatable bonds is 7. The predicted molar refractivity (Wildman–Crippen MR) is 91.9 cm³/mol. The fourth-order valence-electron chi connectivity index (χ4n) is 2.21. The minimum Gasteiger partial charge on any atom is -0.481 e. The Kier molecular flexibility index (Phi) is 6.51. The highest BCUT2D eigenvalue weighted by Crippen LogP contribution is 2.20. The van der Waals surface area contributed by atoms with E-state index in [4.69, 9.17) is 5.11 Å². The van der Waals surface area contributed by atoms with Crippen molar-refractivity contribution in [2.45, 2.75) is 46.6 Å². The number of aryl methyl sites for hydroxylation is 2. The first kappa shape index (κ1) is 19.7. The van der Waals surface area contributed by atoms with Gasteiger partial charge in [0.15, 0.2) is 0 Å². The quantitative estimate of drug-likeness (QED) is 0.711. The number of carbonyl (C=O) groups excluding carboxylic acids is 2. The van der Waals surface area contributed by atoms with E-state index in [0.29, 0.717) is 5.56 Å². The molecule has 6 nitrogen and oxygen atoms in total. The molecule has 132 valence electrons. The van der Waals surface area contributed by atoms with E-state index in [-0.39, 0.29) is 24.8 Å². The van der Waals surface area contributed by atoms with Gasteiger partial charge in [-0.25, -0.2) is 0 Å². The zero-order valence-electron chi connectivity index (χ0n) is 14.9. The van der Waals surface area contributed by atoms with Crippen LogP contribution in [0.15, 0.2) is 18.2 Å². The maximum absolute atomic E-state index is 12.1. The SMILES string of the molecule is Cc1ccc(C(=O)NCC(=O)NC(C)(CC(=O)O)C(C)C)cc1C. The first-order valence-electron chi connectivity index (χ1n) is 7.93. The van der Waals surface area contributed by atoms with Crippen molar-refractivity contribution in [1.29, 1.82) is 0 Å². The maximum atomic E-state index is 12.1. The Hall–Kier alpha value is -2.37. The highest BCUT2D eigenvalue weighted by molar-refractivity contribution is 5.96. The van der Waals surface area contributed by atoms with Crippen molar-refractivity contribution in [2.24, 2.45) is 5.92 Å². The molecular weight excluding hydrogens is 308 g/mol. The molecule has 1 aromatic rings. The van der Waals surface area contributed by atoms with Crippen molar-refractivity contribution >= 4 is 17.8 Å². The Morgan fingerprint density at radius 2 is 1.79 bits per heavy atom. The molecule has 0 spiro atoms. The smallest absolute Gasteiger partial charge is 0.305 e. The molecule has 0 bridgehead atoms. The normalized spacial score (nSPS) is 13.2. The van der Waals surface area contributed by atoms with Crippen molar-refractivity contribution in [1.82, 2.24) is 10.6 Å². The van der Waals surface area contributed by atoms with E-state index in [1.165, 1.54) is 0 Å².